The van der Waals surface area contributed by atoms with Gasteiger partial charge in [0.05, 0.1) is 18.3 Å². The van der Waals surface area contributed by atoms with Crippen LogP contribution in [0.2, 0.25) is 0 Å². The van der Waals surface area contributed by atoms with E-state index in [2.05, 4.69) is 6.08 Å². The van der Waals surface area contributed by atoms with Gasteiger partial charge in [0.25, 0.3) is 0 Å². The van der Waals surface area contributed by atoms with Gasteiger partial charge in [-0.2, -0.15) is 23.5 Å². The lowest BCUT2D eigenvalue weighted by Gasteiger charge is -2.54. The number of alkyl carbamates (subject to hydrolysis) is 1. The van der Waals surface area contributed by atoms with Gasteiger partial charge in [0.2, 0.25) is 5.91 Å². The van der Waals surface area contributed by atoms with Crippen molar-refractivity contribution in [2.45, 2.75) is 158 Å². The Hall–Kier alpha value is -0.950. The van der Waals surface area contributed by atoms with E-state index >= 15 is 0 Å². The van der Waals surface area contributed by atoms with Crippen LogP contribution in [0.3, 0.4) is 0 Å². The Morgan fingerprint density at radius 3 is 1.63 bits per heavy atom. The largest absolute Gasteiger partial charge is 0.443 e. The molecule has 12 atom stereocenters. The van der Waals surface area contributed by atoms with Crippen molar-refractivity contribution in [3.05, 3.63) is 23.3 Å². The van der Waals surface area contributed by atoms with Gasteiger partial charge in [-0.25, -0.2) is 4.79 Å². The highest BCUT2D eigenvalue weighted by Gasteiger charge is 2.78. The lowest BCUT2D eigenvalue weighted by molar-refractivity contribution is -0.271. The molecule has 2 amide bonds. The van der Waals surface area contributed by atoms with E-state index < -0.39 is 70.0 Å². The number of allylic oxidation sites excluding steroid dienone is 2. The molecule has 6 N–H and O–H groups in total. The predicted octanol–water partition coefficient (Wildman–Crippen LogP) is 4.13. The molecular formula is C38H66ClNO12S2. The normalized spacial score (nSPS) is 40.9. The summed E-state index contributed by atoms with van der Waals surface area (Å²) < 4.78 is 28.2. The smallest absolute Gasteiger partial charge is 0.414 e. The minimum Gasteiger partial charge on any atom is -0.443 e. The van der Waals surface area contributed by atoms with E-state index in [4.69, 9.17) is 35.3 Å². The molecule has 10 unspecified atom stereocenters. The van der Waals surface area contributed by atoms with Crippen molar-refractivity contribution in [1.82, 2.24) is 5.32 Å². The number of ether oxygens (including phenoxy) is 5. The molecule has 2 saturated heterocycles. The number of aliphatic hydroxyl groups is 5. The standard InChI is InChI=1S/C20H32ClNO7S.C17H30O5S.CH4/c1-12(2)6-7-14-18(3,29-14)20(26)16(27-4)13(8-9-19(20,25)11-30-5)28-17(24)22-15(23)10-21;1-11(2)6-7-13-15(3,22-13)17(20)14(21-4)12(18)8-9-16(17,19)10-23-5;/h6,13-14,16,25-26H,7-11H2,1-5H3,(H,22,23,24);6,12-14,18-20H,7-10H2,1-5H3;1H4/t13?,14?,16?,18?,19-,20?;12?,13?,14?,15?,16-,17?;/m00./s1. The summed E-state index contributed by atoms with van der Waals surface area (Å²) in [5.41, 5.74) is -6.13. The van der Waals surface area contributed by atoms with E-state index in [0.29, 0.717) is 31.4 Å². The van der Waals surface area contributed by atoms with Crippen molar-refractivity contribution in [1.29, 1.82) is 0 Å². The van der Waals surface area contributed by atoms with Crippen molar-refractivity contribution in [2.24, 2.45) is 0 Å². The van der Waals surface area contributed by atoms with Gasteiger partial charge < -0.3 is 49.2 Å². The number of halogens is 1. The minimum absolute atomic E-state index is 0. The number of methoxy groups -OCH3 is 2. The van der Waals surface area contributed by atoms with Gasteiger partial charge in [0.1, 0.15) is 46.6 Å². The first-order chi connectivity index (χ1) is 24.6. The molecule has 16 heteroatoms. The lowest BCUT2D eigenvalue weighted by atomic mass is 9.62. The average molecular weight is 829 g/mol. The molecule has 0 bridgehead atoms. The van der Waals surface area contributed by atoms with Crippen LogP contribution in [-0.2, 0) is 28.5 Å². The zero-order chi connectivity index (χ0) is 40.2. The summed E-state index contributed by atoms with van der Waals surface area (Å²) in [6, 6.07) is 0. The monoisotopic (exact) mass is 827 g/mol. The molecule has 0 aromatic rings. The van der Waals surface area contributed by atoms with Gasteiger partial charge in [0.15, 0.2) is 11.2 Å². The lowest BCUT2D eigenvalue weighted by Crippen LogP contribution is -2.75. The van der Waals surface area contributed by atoms with Crippen molar-refractivity contribution < 1.29 is 58.8 Å². The maximum absolute atomic E-state index is 12.1. The Labute approximate surface area is 335 Å². The summed E-state index contributed by atoms with van der Waals surface area (Å²) in [5, 5.41) is 58.7. The molecule has 314 valence electrons. The Kier molecular flexibility index (Phi) is 17.5. The van der Waals surface area contributed by atoms with E-state index in [-0.39, 0.29) is 44.1 Å². The summed E-state index contributed by atoms with van der Waals surface area (Å²) in [5.74, 6) is -0.464. The topological polar surface area (TPSA) is 200 Å². The van der Waals surface area contributed by atoms with Gasteiger partial charge in [-0.3, -0.25) is 10.1 Å². The van der Waals surface area contributed by atoms with Crippen LogP contribution in [0.4, 0.5) is 4.79 Å². The molecule has 0 spiro atoms. The molecule has 0 radical (unpaired) electrons. The maximum atomic E-state index is 12.1. The third-order valence-corrected chi connectivity index (χ3v) is 13.2. The van der Waals surface area contributed by atoms with E-state index in [9.17, 15) is 35.1 Å². The molecule has 2 heterocycles. The Balaban J connectivity index is 0.000000379. The quantitative estimate of drug-likeness (QED) is 0.0830. The third kappa shape index (κ3) is 9.33. The zero-order valence-corrected chi connectivity index (χ0v) is 35.2. The highest BCUT2D eigenvalue weighted by Crippen LogP contribution is 2.59. The molecule has 4 aliphatic rings. The number of thioether (sulfide) groups is 2. The highest BCUT2D eigenvalue weighted by atomic mass is 35.5. The number of aliphatic hydroxyl groups excluding tert-OH is 1. The van der Waals surface area contributed by atoms with Gasteiger partial charge >= 0.3 is 6.09 Å². The van der Waals surface area contributed by atoms with Gasteiger partial charge in [-0.1, -0.05) is 30.7 Å². The fourth-order valence-corrected chi connectivity index (χ4v) is 10.1. The number of hydrogen-bond acceptors (Lipinski definition) is 14. The molecule has 54 heavy (non-hydrogen) atoms. The number of epoxide rings is 2. The average Bonchev–Trinajstić information content (AvgIpc) is 3.98. The Morgan fingerprint density at radius 2 is 1.24 bits per heavy atom. The number of nitrogens with one attached hydrogen (secondary N) is 1. The SMILES string of the molecule is C.COC1C(O)CC[C@](O)(CSC)C1(O)C1(C)OC1CC=C(C)C.COC1C(OC(=O)NC(=O)CCl)CC[C@](O)(CSC)C1(O)C1(C)OC1CC=C(C)C. The second kappa shape index (κ2) is 19.2. The van der Waals surface area contributed by atoms with E-state index in [1.807, 2.05) is 58.5 Å². The van der Waals surface area contributed by atoms with Crippen molar-refractivity contribution in [3.8, 4) is 0 Å². The van der Waals surface area contributed by atoms with Crippen LogP contribution in [0.5, 0.6) is 0 Å². The van der Waals surface area contributed by atoms with Crippen LogP contribution in [-0.4, -0.2) is 152 Å². The summed E-state index contributed by atoms with van der Waals surface area (Å²) >= 11 is 8.28. The van der Waals surface area contributed by atoms with E-state index in [0.717, 1.165) is 5.57 Å². The molecule has 2 saturated carbocycles. The number of alkyl halides is 1. The molecule has 4 fully saturated rings. The molecule has 0 aromatic heterocycles. The zero-order valence-electron chi connectivity index (χ0n) is 32.8. The first kappa shape index (κ1) is 49.2. The van der Waals surface area contributed by atoms with Crippen molar-refractivity contribution in [2.75, 3.05) is 44.1 Å². The number of amides is 2. The summed E-state index contributed by atoms with van der Waals surface area (Å²) in [7, 11) is 2.84. The molecule has 2 aliphatic carbocycles. The number of imide groups is 1. The second-order valence-electron chi connectivity index (χ2n) is 15.5. The van der Waals surface area contributed by atoms with Crippen LogP contribution in [0.25, 0.3) is 0 Å². The van der Waals surface area contributed by atoms with Crippen LogP contribution < -0.4 is 5.32 Å². The number of hydrogen-bond donors (Lipinski definition) is 6. The Bertz CT molecular complexity index is 1350. The number of carbonyl (C=O) groups excluding carboxylic acids is 2. The fraction of sp³-hybridized carbons (Fsp3) is 0.842. The van der Waals surface area contributed by atoms with Crippen molar-refractivity contribution >= 4 is 47.1 Å². The molecular weight excluding hydrogens is 762 g/mol. The van der Waals surface area contributed by atoms with Gasteiger partial charge in [-0.15, -0.1) is 11.6 Å². The fourth-order valence-electron chi connectivity index (χ4n) is 8.37. The van der Waals surface area contributed by atoms with Crippen molar-refractivity contribution in [3.63, 3.8) is 0 Å². The minimum atomic E-state index is -1.85. The molecule has 0 aromatic carbocycles. The predicted molar refractivity (Wildman–Crippen MR) is 213 cm³/mol. The van der Waals surface area contributed by atoms with Gasteiger partial charge in [0, 0.05) is 25.7 Å². The molecule has 2 aliphatic heterocycles. The maximum Gasteiger partial charge on any atom is 0.414 e. The van der Waals surface area contributed by atoms with Crippen LogP contribution in [0.1, 0.15) is 87.5 Å². The number of carbonyl (C=O) groups is 2. The third-order valence-electron chi connectivity index (χ3n) is 11.4. The first-order valence-electron chi connectivity index (χ1n) is 17.9. The molecule has 13 nitrogen and oxygen atoms in total. The van der Waals surface area contributed by atoms with Crippen LogP contribution >= 0.6 is 35.1 Å². The van der Waals surface area contributed by atoms with E-state index in [1.54, 1.807) is 6.92 Å². The van der Waals surface area contributed by atoms with E-state index in [1.165, 1.54) is 43.3 Å². The number of rotatable bonds is 14. The van der Waals surface area contributed by atoms with Crippen LogP contribution in [0, 0.1) is 0 Å². The van der Waals surface area contributed by atoms with Crippen LogP contribution in [0.15, 0.2) is 23.3 Å². The summed E-state index contributed by atoms with van der Waals surface area (Å²) in [6.07, 6.45) is 5.01. The molecule has 4 rings (SSSR count). The Morgan fingerprint density at radius 1 is 0.815 bits per heavy atom. The second-order valence-corrected chi connectivity index (χ2v) is 17.5. The highest BCUT2D eigenvalue weighted by molar-refractivity contribution is 7.98. The first-order valence-corrected chi connectivity index (χ1v) is 21.3. The summed E-state index contributed by atoms with van der Waals surface area (Å²) in [4.78, 5) is 23.5. The van der Waals surface area contributed by atoms with Gasteiger partial charge in [-0.05, 0) is 92.6 Å². The summed E-state index contributed by atoms with van der Waals surface area (Å²) in [6.45, 7) is 11.5.